The summed E-state index contributed by atoms with van der Waals surface area (Å²) in [5.74, 6) is -1.77. The number of pyridine rings is 1. The molecule has 0 aliphatic heterocycles. The first kappa shape index (κ1) is 16.6. The summed E-state index contributed by atoms with van der Waals surface area (Å²) in [6, 6.07) is 2.65. The Morgan fingerprint density at radius 1 is 1.24 bits per heavy atom. The lowest BCUT2D eigenvalue weighted by atomic mass is 10.2. The Labute approximate surface area is 123 Å². The standard InChI is InChI=1S/C14H19N3O4/c1-4-17(5-2)12(18)8-15-13(19)11-7-6-10(14(20)21)9(3)16-11/h6-7H,4-5,8H2,1-3H3,(H,15,19)(H,20,21). The van der Waals surface area contributed by atoms with E-state index in [1.807, 2.05) is 13.8 Å². The molecule has 0 unspecified atom stereocenters. The van der Waals surface area contributed by atoms with E-state index in [2.05, 4.69) is 10.3 Å². The molecule has 0 aliphatic rings. The Kier molecular flexibility index (Phi) is 5.83. The number of hydrogen-bond donors (Lipinski definition) is 2. The summed E-state index contributed by atoms with van der Waals surface area (Å²) in [5.41, 5.74) is 0.390. The van der Waals surface area contributed by atoms with Gasteiger partial charge in [0.2, 0.25) is 5.91 Å². The first-order valence-electron chi connectivity index (χ1n) is 6.67. The molecular formula is C14H19N3O4. The predicted octanol–water partition coefficient (Wildman–Crippen LogP) is 0.686. The highest BCUT2D eigenvalue weighted by Crippen LogP contribution is 2.06. The molecule has 0 atom stereocenters. The summed E-state index contributed by atoms with van der Waals surface area (Å²) in [7, 11) is 0. The van der Waals surface area contributed by atoms with Gasteiger partial charge in [0.15, 0.2) is 0 Å². The molecule has 1 aromatic heterocycles. The van der Waals surface area contributed by atoms with Crippen LogP contribution in [0, 0.1) is 6.92 Å². The van der Waals surface area contributed by atoms with Gasteiger partial charge in [-0.05, 0) is 32.9 Å². The zero-order chi connectivity index (χ0) is 16.0. The number of rotatable bonds is 6. The molecule has 0 spiro atoms. The molecule has 21 heavy (non-hydrogen) atoms. The van der Waals surface area contributed by atoms with Gasteiger partial charge < -0.3 is 15.3 Å². The molecule has 0 aliphatic carbocycles. The van der Waals surface area contributed by atoms with Crippen LogP contribution in [0.4, 0.5) is 0 Å². The van der Waals surface area contributed by atoms with Crippen LogP contribution < -0.4 is 5.32 Å². The van der Waals surface area contributed by atoms with Crippen molar-refractivity contribution in [1.82, 2.24) is 15.2 Å². The molecule has 0 bridgehead atoms. The van der Waals surface area contributed by atoms with Crippen LogP contribution in [0.2, 0.25) is 0 Å². The largest absolute Gasteiger partial charge is 0.478 e. The molecule has 0 radical (unpaired) electrons. The van der Waals surface area contributed by atoms with Gasteiger partial charge in [0.05, 0.1) is 17.8 Å². The zero-order valence-electron chi connectivity index (χ0n) is 12.3. The Morgan fingerprint density at radius 2 is 1.86 bits per heavy atom. The fraction of sp³-hybridized carbons (Fsp3) is 0.429. The van der Waals surface area contributed by atoms with Gasteiger partial charge in [-0.2, -0.15) is 0 Å². The first-order valence-corrected chi connectivity index (χ1v) is 6.67. The van der Waals surface area contributed by atoms with Gasteiger partial charge in [-0.3, -0.25) is 9.59 Å². The molecule has 1 heterocycles. The number of amides is 2. The molecule has 7 heteroatoms. The Morgan fingerprint density at radius 3 is 2.33 bits per heavy atom. The quantitative estimate of drug-likeness (QED) is 0.803. The molecule has 7 nitrogen and oxygen atoms in total. The topological polar surface area (TPSA) is 99.6 Å². The minimum Gasteiger partial charge on any atom is -0.478 e. The summed E-state index contributed by atoms with van der Waals surface area (Å²) < 4.78 is 0. The number of likely N-dealkylation sites (N-methyl/N-ethyl adjacent to an activating group) is 1. The van der Waals surface area contributed by atoms with E-state index in [0.29, 0.717) is 13.1 Å². The summed E-state index contributed by atoms with van der Waals surface area (Å²) in [4.78, 5) is 40.1. The van der Waals surface area contributed by atoms with E-state index >= 15 is 0 Å². The van der Waals surface area contributed by atoms with Crippen LogP contribution in [0.3, 0.4) is 0 Å². The van der Waals surface area contributed by atoms with Gasteiger partial charge in [0.25, 0.3) is 5.91 Å². The number of hydrogen-bond acceptors (Lipinski definition) is 4. The molecule has 1 aromatic rings. The number of carbonyl (C=O) groups excluding carboxylic acids is 2. The minimum absolute atomic E-state index is 0.0470. The lowest BCUT2D eigenvalue weighted by Gasteiger charge is -2.18. The zero-order valence-corrected chi connectivity index (χ0v) is 12.3. The lowest BCUT2D eigenvalue weighted by molar-refractivity contribution is -0.129. The van der Waals surface area contributed by atoms with Crippen LogP contribution in [0.25, 0.3) is 0 Å². The number of aromatic nitrogens is 1. The van der Waals surface area contributed by atoms with Gasteiger partial charge >= 0.3 is 5.97 Å². The highest BCUT2D eigenvalue weighted by molar-refractivity contribution is 5.96. The van der Waals surface area contributed by atoms with Crippen molar-refractivity contribution in [1.29, 1.82) is 0 Å². The van der Waals surface area contributed by atoms with E-state index in [1.54, 1.807) is 4.90 Å². The Balaban J connectivity index is 2.70. The maximum absolute atomic E-state index is 11.9. The van der Waals surface area contributed by atoms with Crippen molar-refractivity contribution in [3.8, 4) is 0 Å². The number of nitrogens with zero attached hydrogens (tertiary/aromatic N) is 2. The van der Waals surface area contributed by atoms with E-state index in [9.17, 15) is 14.4 Å². The van der Waals surface area contributed by atoms with Crippen molar-refractivity contribution in [3.63, 3.8) is 0 Å². The number of carboxylic acids is 1. The summed E-state index contributed by atoms with van der Waals surface area (Å²) in [6.07, 6.45) is 0. The van der Waals surface area contributed by atoms with E-state index in [0.717, 1.165) is 0 Å². The first-order chi connectivity index (χ1) is 9.90. The minimum atomic E-state index is -1.09. The molecule has 2 amide bonds. The van der Waals surface area contributed by atoms with E-state index in [4.69, 9.17) is 5.11 Å². The van der Waals surface area contributed by atoms with E-state index in [-0.39, 0.29) is 29.4 Å². The normalized spacial score (nSPS) is 10.0. The van der Waals surface area contributed by atoms with Crippen LogP contribution >= 0.6 is 0 Å². The fourth-order valence-corrected chi connectivity index (χ4v) is 1.85. The van der Waals surface area contributed by atoms with Gasteiger partial charge in [0.1, 0.15) is 5.69 Å². The molecule has 0 aromatic carbocycles. The third kappa shape index (κ3) is 4.27. The Bertz CT molecular complexity index is 553. The highest BCUT2D eigenvalue weighted by atomic mass is 16.4. The van der Waals surface area contributed by atoms with Crippen LogP contribution in [-0.2, 0) is 4.79 Å². The van der Waals surface area contributed by atoms with Gasteiger partial charge in [-0.15, -0.1) is 0 Å². The summed E-state index contributed by atoms with van der Waals surface area (Å²) in [6.45, 7) is 6.28. The third-order valence-electron chi connectivity index (χ3n) is 3.07. The van der Waals surface area contributed by atoms with Crippen molar-refractivity contribution in [2.24, 2.45) is 0 Å². The van der Waals surface area contributed by atoms with Gasteiger partial charge in [-0.1, -0.05) is 0 Å². The molecule has 114 valence electrons. The van der Waals surface area contributed by atoms with Crippen LogP contribution in [0.5, 0.6) is 0 Å². The number of carbonyl (C=O) groups is 3. The average Bonchev–Trinajstić information content (AvgIpc) is 2.45. The second-order valence-corrected chi connectivity index (χ2v) is 4.38. The molecule has 2 N–H and O–H groups in total. The van der Waals surface area contributed by atoms with Crippen molar-refractivity contribution in [2.75, 3.05) is 19.6 Å². The van der Waals surface area contributed by atoms with E-state index in [1.165, 1.54) is 19.1 Å². The van der Waals surface area contributed by atoms with E-state index < -0.39 is 11.9 Å². The summed E-state index contributed by atoms with van der Waals surface area (Å²) >= 11 is 0. The molecule has 0 saturated heterocycles. The van der Waals surface area contributed by atoms with Crippen LogP contribution in [0.15, 0.2) is 12.1 Å². The SMILES string of the molecule is CCN(CC)C(=O)CNC(=O)c1ccc(C(=O)O)c(C)n1. The number of carboxylic acid groups (broad SMARTS) is 1. The number of nitrogens with one attached hydrogen (secondary N) is 1. The second kappa shape index (κ2) is 7.37. The number of aryl methyl sites for hydroxylation is 1. The van der Waals surface area contributed by atoms with Crippen molar-refractivity contribution < 1.29 is 19.5 Å². The lowest BCUT2D eigenvalue weighted by Crippen LogP contribution is -2.40. The maximum atomic E-state index is 11.9. The van der Waals surface area contributed by atoms with Crippen molar-refractivity contribution >= 4 is 17.8 Å². The van der Waals surface area contributed by atoms with Crippen molar-refractivity contribution in [2.45, 2.75) is 20.8 Å². The van der Waals surface area contributed by atoms with Crippen LogP contribution in [-0.4, -0.2) is 52.4 Å². The monoisotopic (exact) mass is 293 g/mol. The molecule has 0 fully saturated rings. The molecular weight excluding hydrogens is 274 g/mol. The van der Waals surface area contributed by atoms with Gasteiger partial charge in [-0.25, -0.2) is 9.78 Å². The van der Waals surface area contributed by atoms with Crippen LogP contribution in [0.1, 0.15) is 40.4 Å². The smallest absolute Gasteiger partial charge is 0.337 e. The Hall–Kier alpha value is -2.44. The maximum Gasteiger partial charge on any atom is 0.337 e. The van der Waals surface area contributed by atoms with Crippen molar-refractivity contribution in [3.05, 3.63) is 29.1 Å². The average molecular weight is 293 g/mol. The predicted molar refractivity (Wildman–Crippen MR) is 76.2 cm³/mol. The highest BCUT2D eigenvalue weighted by Gasteiger charge is 2.15. The number of aromatic carboxylic acids is 1. The second-order valence-electron chi connectivity index (χ2n) is 4.38. The molecule has 0 saturated carbocycles. The molecule has 1 rings (SSSR count). The summed E-state index contributed by atoms with van der Waals surface area (Å²) in [5, 5.41) is 11.4. The fourth-order valence-electron chi connectivity index (χ4n) is 1.85. The van der Waals surface area contributed by atoms with Gasteiger partial charge in [0, 0.05) is 13.1 Å². The third-order valence-corrected chi connectivity index (χ3v) is 3.07.